The maximum Gasteiger partial charge on any atom is 0.137 e. The SMILES string of the molecule is CCCN1CCN(C(C#N)c2ccc(OCC)c(Cl)c2)CC1C. The first kappa shape index (κ1) is 18.1. The van der Waals surface area contributed by atoms with Crippen molar-refractivity contribution in [3.05, 3.63) is 28.8 Å². The van der Waals surface area contributed by atoms with E-state index < -0.39 is 0 Å². The highest BCUT2D eigenvalue weighted by atomic mass is 35.5. The lowest BCUT2D eigenvalue weighted by Gasteiger charge is -2.41. The summed E-state index contributed by atoms with van der Waals surface area (Å²) in [6, 6.07) is 8.34. The summed E-state index contributed by atoms with van der Waals surface area (Å²) in [5, 5.41) is 10.2. The molecule has 0 aliphatic carbocycles. The maximum absolute atomic E-state index is 9.67. The summed E-state index contributed by atoms with van der Waals surface area (Å²) in [4.78, 5) is 4.75. The molecule has 126 valence electrons. The molecule has 1 aliphatic heterocycles. The standard InChI is InChI=1S/C18H26ClN3O/c1-4-8-21-9-10-22(13-14(21)3)17(12-20)15-6-7-18(23-5-2)16(19)11-15/h6-7,11,14,17H,4-5,8-10,13H2,1-3H3. The monoisotopic (exact) mass is 335 g/mol. The zero-order valence-corrected chi connectivity index (χ0v) is 15.0. The molecule has 0 spiro atoms. The van der Waals surface area contributed by atoms with Gasteiger partial charge < -0.3 is 4.74 Å². The molecule has 1 aromatic carbocycles. The van der Waals surface area contributed by atoms with E-state index in [1.165, 1.54) is 6.42 Å². The number of benzene rings is 1. The van der Waals surface area contributed by atoms with E-state index in [2.05, 4.69) is 29.7 Å². The molecule has 1 aromatic rings. The number of halogens is 1. The van der Waals surface area contributed by atoms with Gasteiger partial charge in [-0.1, -0.05) is 24.6 Å². The molecule has 1 heterocycles. The highest BCUT2D eigenvalue weighted by Crippen LogP contribution is 2.31. The van der Waals surface area contributed by atoms with Crippen molar-refractivity contribution in [2.75, 3.05) is 32.8 Å². The second-order valence-electron chi connectivity index (χ2n) is 6.03. The smallest absolute Gasteiger partial charge is 0.137 e. The normalized spacial score (nSPS) is 20.9. The van der Waals surface area contributed by atoms with Crippen molar-refractivity contribution in [2.45, 2.75) is 39.3 Å². The van der Waals surface area contributed by atoms with Crippen LogP contribution in [0.1, 0.15) is 38.8 Å². The summed E-state index contributed by atoms with van der Waals surface area (Å²) in [5.74, 6) is 0.677. The predicted octanol–water partition coefficient (Wildman–Crippen LogP) is 3.72. The van der Waals surface area contributed by atoms with Crippen molar-refractivity contribution in [3.8, 4) is 11.8 Å². The Morgan fingerprint density at radius 2 is 2.17 bits per heavy atom. The minimum atomic E-state index is -0.255. The van der Waals surface area contributed by atoms with Crippen LogP contribution in [0, 0.1) is 11.3 Å². The lowest BCUT2D eigenvalue weighted by atomic mass is 10.0. The average Bonchev–Trinajstić information content (AvgIpc) is 2.53. The van der Waals surface area contributed by atoms with Gasteiger partial charge in [0, 0.05) is 25.7 Å². The Labute approximate surface area is 144 Å². The van der Waals surface area contributed by atoms with Gasteiger partial charge in [-0.2, -0.15) is 5.26 Å². The Bertz CT molecular complexity index is 558. The van der Waals surface area contributed by atoms with Crippen LogP contribution >= 0.6 is 11.6 Å². The number of rotatable bonds is 6. The Balaban J connectivity index is 2.11. The minimum Gasteiger partial charge on any atom is -0.492 e. The van der Waals surface area contributed by atoms with Crippen LogP contribution in [0.4, 0.5) is 0 Å². The van der Waals surface area contributed by atoms with E-state index in [9.17, 15) is 5.26 Å². The summed E-state index contributed by atoms with van der Waals surface area (Å²) in [7, 11) is 0. The summed E-state index contributed by atoms with van der Waals surface area (Å²) < 4.78 is 5.47. The molecule has 1 saturated heterocycles. The van der Waals surface area contributed by atoms with Crippen molar-refractivity contribution in [3.63, 3.8) is 0 Å². The predicted molar refractivity (Wildman–Crippen MR) is 93.9 cm³/mol. The van der Waals surface area contributed by atoms with E-state index >= 15 is 0 Å². The molecular formula is C18H26ClN3O. The van der Waals surface area contributed by atoms with Gasteiger partial charge in [-0.15, -0.1) is 0 Å². The Hall–Kier alpha value is -1.28. The molecule has 2 rings (SSSR count). The van der Waals surface area contributed by atoms with E-state index in [4.69, 9.17) is 16.3 Å². The van der Waals surface area contributed by atoms with Crippen LogP contribution in [-0.4, -0.2) is 48.6 Å². The average molecular weight is 336 g/mol. The van der Waals surface area contributed by atoms with E-state index in [-0.39, 0.29) is 6.04 Å². The third-order valence-corrected chi connectivity index (χ3v) is 4.66. The van der Waals surface area contributed by atoms with E-state index in [1.54, 1.807) is 0 Å². The highest BCUT2D eigenvalue weighted by Gasteiger charge is 2.29. The molecule has 0 aromatic heterocycles. The molecule has 4 nitrogen and oxygen atoms in total. The first-order valence-corrected chi connectivity index (χ1v) is 8.78. The third kappa shape index (κ3) is 4.38. The molecule has 2 atom stereocenters. The van der Waals surface area contributed by atoms with Gasteiger partial charge in [0.25, 0.3) is 0 Å². The van der Waals surface area contributed by atoms with Crippen LogP contribution in [0.3, 0.4) is 0 Å². The molecule has 0 bridgehead atoms. The number of nitriles is 1. The highest BCUT2D eigenvalue weighted by molar-refractivity contribution is 6.32. The van der Waals surface area contributed by atoms with Gasteiger partial charge >= 0.3 is 0 Å². The fourth-order valence-electron chi connectivity index (χ4n) is 3.20. The lowest BCUT2D eigenvalue weighted by molar-refractivity contribution is 0.0690. The van der Waals surface area contributed by atoms with Crippen molar-refractivity contribution in [1.29, 1.82) is 5.26 Å². The van der Waals surface area contributed by atoms with Crippen molar-refractivity contribution >= 4 is 11.6 Å². The summed E-state index contributed by atoms with van der Waals surface area (Å²) in [6.07, 6.45) is 1.17. The third-order valence-electron chi connectivity index (χ3n) is 4.37. The van der Waals surface area contributed by atoms with Gasteiger partial charge in [0.15, 0.2) is 0 Å². The fourth-order valence-corrected chi connectivity index (χ4v) is 3.45. The Kier molecular flexibility index (Phi) is 6.71. The van der Waals surface area contributed by atoms with Crippen LogP contribution in [-0.2, 0) is 0 Å². The number of hydrogen-bond acceptors (Lipinski definition) is 4. The van der Waals surface area contributed by atoms with Crippen molar-refractivity contribution in [1.82, 2.24) is 9.80 Å². The van der Waals surface area contributed by atoms with E-state index in [1.807, 2.05) is 25.1 Å². The summed E-state index contributed by atoms with van der Waals surface area (Å²) >= 11 is 6.28. The van der Waals surface area contributed by atoms with Gasteiger partial charge in [0.1, 0.15) is 11.8 Å². The summed E-state index contributed by atoms with van der Waals surface area (Å²) in [6.45, 7) is 10.9. The largest absolute Gasteiger partial charge is 0.492 e. The van der Waals surface area contributed by atoms with Crippen LogP contribution in [0.25, 0.3) is 0 Å². The number of piperazine rings is 1. The van der Waals surface area contributed by atoms with Gasteiger partial charge in [-0.25, -0.2) is 0 Å². The Morgan fingerprint density at radius 3 is 2.74 bits per heavy atom. The minimum absolute atomic E-state index is 0.255. The van der Waals surface area contributed by atoms with Crippen LogP contribution < -0.4 is 4.74 Å². The van der Waals surface area contributed by atoms with Crippen molar-refractivity contribution in [2.24, 2.45) is 0 Å². The number of ether oxygens (including phenoxy) is 1. The van der Waals surface area contributed by atoms with Crippen LogP contribution in [0.5, 0.6) is 5.75 Å². The number of nitrogens with zero attached hydrogens (tertiary/aromatic N) is 3. The van der Waals surface area contributed by atoms with E-state index in [0.717, 1.165) is 31.7 Å². The molecule has 0 saturated carbocycles. The molecule has 0 radical (unpaired) electrons. The first-order chi connectivity index (χ1) is 11.1. The molecule has 2 unspecified atom stereocenters. The van der Waals surface area contributed by atoms with Crippen LogP contribution in [0.2, 0.25) is 5.02 Å². The van der Waals surface area contributed by atoms with Crippen LogP contribution in [0.15, 0.2) is 18.2 Å². The zero-order valence-electron chi connectivity index (χ0n) is 14.3. The number of hydrogen-bond donors (Lipinski definition) is 0. The maximum atomic E-state index is 9.67. The van der Waals surface area contributed by atoms with Gasteiger partial charge in [-0.3, -0.25) is 9.80 Å². The summed E-state index contributed by atoms with van der Waals surface area (Å²) in [5.41, 5.74) is 0.942. The van der Waals surface area contributed by atoms with Gasteiger partial charge in [-0.05, 0) is 44.5 Å². The first-order valence-electron chi connectivity index (χ1n) is 8.40. The zero-order chi connectivity index (χ0) is 16.8. The second-order valence-corrected chi connectivity index (χ2v) is 6.44. The molecule has 5 heteroatoms. The molecule has 1 fully saturated rings. The lowest BCUT2D eigenvalue weighted by Crippen LogP contribution is -2.52. The molecular weight excluding hydrogens is 310 g/mol. The van der Waals surface area contributed by atoms with Gasteiger partial charge in [0.05, 0.1) is 17.7 Å². The van der Waals surface area contributed by atoms with Crippen molar-refractivity contribution < 1.29 is 4.74 Å². The topological polar surface area (TPSA) is 39.5 Å². The molecule has 23 heavy (non-hydrogen) atoms. The quantitative estimate of drug-likeness (QED) is 0.794. The fraction of sp³-hybridized carbons (Fsp3) is 0.611. The molecule has 0 N–H and O–H groups in total. The second kappa shape index (κ2) is 8.54. The van der Waals surface area contributed by atoms with Gasteiger partial charge in [0.2, 0.25) is 0 Å². The molecule has 1 aliphatic rings. The Morgan fingerprint density at radius 1 is 1.39 bits per heavy atom. The molecule has 0 amide bonds. The van der Waals surface area contributed by atoms with E-state index in [0.29, 0.717) is 23.4 Å².